The van der Waals surface area contributed by atoms with E-state index >= 15 is 0 Å². The van der Waals surface area contributed by atoms with Gasteiger partial charge in [0.1, 0.15) is 24.6 Å². The summed E-state index contributed by atoms with van der Waals surface area (Å²) in [5, 5.41) is 0. The Morgan fingerprint density at radius 3 is 2.10 bits per heavy atom. The van der Waals surface area contributed by atoms with E-state index in [0.717, 1.165) is 30.1 Å². The number of benzene rings is 2. The molecular weight excluding hydrogens is 264 g/mol. The maximum atomic E-state index is 6.15. The van der Waals surface area contributed by atoms with E-state index in [1.54, 1.807) is 0 Å². The van der Waals surface area contributed by atoms with Gasteiger partial charge in [-0.3, -0.25) is 0 Å². The fourth-order valence-electron chi connectivity index (χ4n) is 2.66. The number of aryl methyl sites for hydroxylation is 1. The van der Waals surface area contributed by atoms with Crippen LogP contribution in [0.25, 0.3) is 0 Å². The lowest BCUT2D eigenvalue weighted by molar-refractivity contribution is 0.290. The number of ether oxygens (including phenoxy) is 3. The van der Waals surface area contributed by atoms with Gasteiger partial charge in [0.25, 0.3) is 0 Å². The van der Waals surface area contributed by atoms with Gasteiger partial charge in [-0.25, -0.2) is 0 Å². The molecule has 0 radical (unpaired) electrons. The average molecular weight is 282 g/mol. The Balaban J connectivity index is 1.65. The first-order chi connectivity index (χ1) is 10.3. The van der Waals surface area contributed by atoms with E-state index in [2.05, 4.69) is 31.2 Å². The maximum absolute atomic E-state index is 6.15. The van der Waals surface area contributed by atoms with Gasteiger partial charge in [0.15, 0.2) is 0 Å². The van der Waals surface area contributed by atoms with Crippen LogP contribution in [-0.4, -0.2) is 13.2 Å². The van der Waals surface area contributed by atoms with E-state index in [9.17, 15) is 0 Å². The summed E-state index contributed by atoms with van der Waals surface area (Å²) >= 11 is 0. The van der Waals surface area contributed by atoms with Gasteiger partial charge in [-0.1, -0.05) is 35.9 Å². The second-order valence-corrected chi connectivity index (χ2v) is 5.69. The third-order valence-corrected chi connectivity index (χ3v) is 3.88. The molecule has 2 saturated heterocycles. The van der Waals surface area contributed by atoms with Gasteiger partial charge < -0.3 is 14.2 Å². The summed E-state index contributed by atoms with van der Waals surface area (Å²) < 4.78 is 17.1. The minimum absolute atomic E-state index is 0.188. The lowest BCUT2D eigenvalue weighted by Gasteiger charge is -2.15. The average Bonchev–Trinajstić information content (AvgIpc) is 3.40. The van der Waals surface area contributed by atoms with Gasteiger partial charge in [0.05, 0.1) is 13.2 Å². The van der Waals surface area contributed by atoms with E-state index < -0.39 is 0 Å². The molecule has 2 aliphatic heterocycles. The molecule has 2 aromatic carbocycles. The quantitative estimate of drug-likeness (QED) is 0.784. The summed E-state index contributed by atoms with van der Waals surface area (Å²) in [6.45, 7) is 4.26. The molecule has 2 unspecified atom stereocenters. The van der Waals surface area contributed by atoms with E-state index in [4.69, 9.17) is 14.2 Å². The van der Waals surface area contributed by atoms with Crippen LogP contribution in [0.5, 0.6) is 5.75 Å². The number of hydrogen-bond acceptors (Lipinski definition) is 3. The molecular formula is C18H18O3. The normalized spacial score (nSPS) is 22.9. The molecule has 2 fully saturated rings. The Morgan fingerprint density at radius 1 is 1.00 bits per heavy atom. The molecule has 3 heteroatoms. The van der Waals surface area contributed by atoms with Crippen molar-refractivity contribution < 1.29 is 14.2 Å². The fraction of sp³-hybridized carbons (Fsp3) is 0.333. The van der Waals surface area contributed by atoms with Gasteiger partial charge in [0, 0.05) is 11.1 Å². The minimum atomic E-state index is 0.188. The fourth-order valence-corrected chi connectivity index (χ4v) is 2.66. The molecule has 2 aromatic rings. The highest BCUT2D eigenvalue weighted by Gasteiger charge is 2.35. The van der Waals surface area contributed by atoms with Gasteiger partial charge in [0.2, 0.25) is 0 Å². The SMILES string of the molecule is Cc1cc(C2CO2)c(OCc2ccccc2)c(C2CO2)c1. The van der Waals surface area contributed by atoms with Crippen molar-refractivity contribution in [2.45, 2.75) is 25.7 Å². The van der Waals surface area contributed by atoms with Gasteiger partial charge in [-0.2, -0.15) is 0 Å². The van der Waals surface area contributed by atoms with Crippen LogP contribution >= 0.6 is 0 Å². The highest BCUT2D eigenvalue weighted by atomic mass is 16.6. The van der Waals surface area contributed by atoms with Gasteiger partial charge in [-0.05, 0) is 24.6 Å². The summed E-state index contributed by atoms with van der Waals surface area (Å²) in [6.07, 6.45) is 0.376. The van der Waals surface area contributed by atoms with Crippen LogP contribution in [0, 0.1) is 6.92 Å². The zero-order valence-corrected chi connectivity index (χ0v) is 12.0. The summed E-state index contributed by atoms with van der Waals surface area (Å²) in [5.41, 5.74) is 4.73. The van der Waals surface area contributed by atoms with E-state index in [0.29, 0.717) is 6.61 Å². The Bertz CT molecular complexity index is 610. The van der Waals surface area contributed by atoms with Crippen LogP contribution in [0.2, 0.25) is 0 Å². The van der Waals surface area contributed by atoms with E-state index in [1.165, 1.54) is 11.1 Å². The molecule has 0 aliphatic carbocycles. The summed E-state index contributed by atoms with van der Waals surface area (Å²) in [5.74, 6) is 0.953. The third-order valence-electron chi connectivity index (χ3n) is 3.88. The van der Waals surface area contributed by atoms with Crippen LogP contribution in [0.3, 0.4) is 0 Å². The standard InChI is InChI=1S/C18H18O3/c1-12-7-14(16-10-19-16)18(15(8-12)17-11-20-17)21-9-13-5-3-2-4-6-13/h2-8,16-17H,9-11H2,1H3. The van der Waals surface area contributed by atoms with Crippen molar-refractivity contribution in [3.63, 3.8) is 0 Å². The van der Waals surface area contributed by atoms with Crippen molar-refractivity contribution in [3.05, 3.63) is 64.7 Å². The Kier molecular flexibility index (Phi) is 3.17. The molecule has 0 N–H and O–H groups in total. The molecule has 21 heavy (non-hydrogen) atoms. The highest BCUT2D eigenvalue weighted by molar-refractivity contribution is 5.49. The Labute approximate surface area is 124 Å². The molecule has 3 nitrogen and oxygen atoms in total. The molecule has 108 valence electrons. The van der Waals surface area contributed by atoms with Crippen molar-refractivity contribution in [2.24, 2.45) is 0 Å². The number of hydrogen-bond donors (Lipinski definition) is 0. The van der Waals surface area contributed by atoms with Crippen LogP contribution in [0.1, 0.15) is 34.5 Å². The minimum Gasteiger partial charge on any atom is -0.488 e. The van der Waals surface area contributed by atoms with E-state index in [1.807, 2.05) is 18.2 Å². The molecule has 0 aromatic heterocycles. The second kappa shape index (κ2) is 5.17. The molecule has 0 spiro atoms. The summed E-state index contributed by atoms with van der Waals surface area (Å²) in [7, 11) is 0. The molecule has 4 rings (SSSR count). The first kappa shape index (κ1) is 12.9. The third kappa shape index (κ3) is 2.80. The predicted octanol–water partition coefficient (Wildman–Crippen LogP) is 3.72. The molecule has 2 aliphatic rings. The molecule has 0 bridgehead atoms. The zero-order chi connectivity index (χ0) is 14.2. The topological polar surface area (TPSA) is 34.3 Å². The molecule has 2 atom stereocenters. The first-order valence-corrected chi connectivity index (χ1v) is 7.35. The van der Waals surface area contributed by atoms with Crippen LogP contribution in [-0.2, 0) is 16.1 Å². The smallest absolute Gasteiger partial charge is 0.131 e. The molecule has 0 saturated carbocycles. The van der Waals surface area contributed by atoms with Crippen molar-refractivity contribution >= 4 is 0 Å². The Hall–Kier alpha value is -1.84. The summed E-state index contributed by atoms with van der Waals surface area (Å²) in [4.78, 5) is 0. The van der Waals surface area contributed by atoms with Crippen molar-refractivity contribution in [1.29, 1.82) is 0 Å². The maximum Gasteiger partial charge on any atom is 0.131 e. The van der Waals surface area contributed by atoms with Crippen molar-refractivity contribution in [2.75, 3.05) is 13.2 Å². The van der Waals surface area contributed by atoms with E-state index in [-0.39, 0.29) is 12.2 Å². The monoisotopic (exact) mass is 282 g/mol. The molecule has 2 heterocycles. The van der Waals surface area contributed by atoms with Gasteiger partial charge >= 0.3 is 0 Å². The highest BCUT2D eigenvalue weighted by Crippen LogP contribution is 2.45. The zero-order valence-electron chi connectivity index (χ0n) is 12.0. The van der Waals surface area contributed by atoms with Gasteiger partial charge in [-0.15, -0.1) is 0 Å². The number of epoxide rings is 2. The largest absolute Gasteiger partial charge is 0.488 e. The van der Waals surface area contributed by atoms with Crippen molar-refractivity contribution in [1.82, 2.24) is 0 Å². The van der Waals surface area contributed by atoms with Crippen LogP contribution in [0.4, 0.5) is 0 Å². The first-order valence-electron chi connectivity index (χ1n) is 7.35. The van der Waals surface area contributed by atoms with Crippen molar-refractivity contribution in [3.8, 4) is 5.75 Å². The number of rotatable bonds is 5. The predicted molar refractivity (Wildman–Crippen MR) is 79.3 cm³/mol. The Morgan fingerprint density at radius 2 is 1.57 bits per heavy atom. The summed E-state index contributed by atoms with van der Waals surface area (Å²) in [6, 6.07) is 14.6. The second-order valence-electron chi connectivity index (χ2n) is 5.69. The molecule has 0 amide bonds. The van der Waals surface area contributed by atoms with Crippen LogP contribution < -0.4 is 4.74 Å². The van der Waals surface area contributed by atoms with Crippen LogP contribution in [0.15, 0.2) is 42.5 Å². The lowest BCUT2D eigenvalue weighted by atomic mass is 10.0. The lowest BCUT2D eigenvalue weighted by Crippen LogP contribution is -2.02.